The number of anilines is 1. The van der Waals surface area contributed by atoms with Crippen molar-refractivity contribution in [2.75, 3.05) is 33.1 Å². The van der Waals surface area contributed by atoms with Gasteiger partial charge in [0.15, 0.2) is 0 Å². The van der Waals surface area contributed by atoms with Crippen molar-refractivity contribution in [3.05, 3.63) is 11.4 Å². The van der Waals surface area contributed by atoms with Crippen LogP contribution in [0.15, 0.2) is 0 Å². The van der Waals surface area contributed by atoms with Crippen LogP contribution in [0.3, 0.4) is 0 Å². The molecule has 0 saturated carbocycles. The van der Waals surface area contributed by atoms with Gasteiger partial charge in [-0.15, -0.1) is 0 Å². The summed E-state index contributed by atoms with van der Waals surface area (Å²) >= 11 is 0. The summed E-state index contributed by atoms with van der Waals surface area (Å²) < 4.78 is 11.7. The molecular formula is C12H22N4O3. The van der Waals surface area contributed by atoms with Gasteiger partial charge >= 0.3 is 0 Å². The van der Waals surface area contributed by atoms with Gasteiger partial charge in [-0.25, -0.2) is 0 Å². The van der Waals surface area contributed by atoms with Crippen molar-refractivity contribution in [2.45, 2.75) is 19.4 Å². The van der Waals surface area contributed by atoms with Crippen molar-refractivity contribution >= 4 is 11.6 Å². The molecule has 0 radical (unpaired) electrons. The zero-order valence-corrected chi connectivity index (χ0v) is 11.9. The average molecular weight is 270 g/mol. The summed E-state index contributed by atoms with van der Waals surface area (Å²) in [7, 11) is 4.86. The molecule has 1 unspecified atom stereocenters. The topological polar surface area (TPSA) is 91.4 Å². The Morgan fingerprint density at radius 3 is 2.68 bits per heavy atom. The number of rotatable bonds is 7. The summed E-state index contributed by atoms with van der Waals surface area (Å²) in [5, 5.41) is 6.98. The van der Waals surface area contributed by atoms with E-state index in [-0.39, 0.29) is 12.0 Å². The second-order valence-electron chi connectivity index (χ2n) is 4.21. The zero-order chi connectivity index (χ0) is 14.4. The number of nitrogens with zero attached hydrogens (tertiary/aromatic N) is 2. The van der Waals surface area contributed by atoms with Gasteiger partial charge in [-0.3, -0.25) is 9.48 Å². The molecule has 1 rings (SSSR count). The highest BCUT2D eigenvalue weighted by Crippen LogP contribution is 2.16. The lowest BCUT2D eigenvalue weighted by molar-refractivity contribution is 0.0284. The third-order valence-corrected chi connectivity index (χ3v) is 2.89. The molecule has 1 atom stereocenters. The minimum atomic E-state index is -0.259. The molecule has 0 aliphatic carbocycles. The van der Waals surface area contributed by atoms with Gasteiger partial charge in [-0.05, 0) is 6.42 Å². The second kappa shape index (κ2) is 7.10. The number of nitrogens with one attached hydrogen (secondary N) is 1. The number of carbonyl (C=O) groups excluding carboxylic acids is 1. The SMILES string of the molecule is CCc1nn(C)c(C(=O)NCC(COC)OC)c1N. The molecule has 0 saturated heterocycles. The molecule has 1 heterocycles. The maximum Gasteiger partial charge on any atom is 0.271 e. The molecule has 0 aliphatic heterocycles. The zero-order valence-electron chi connectivity index (χ0n) is 11.9. The number of aromatic nitrogens is 2. The first-order valence-electron chi connectivity index (χ1n) is 6.16. The Balaban J connectivity index is 2.70. The maximum atomic E-state index is 12.1. The second-order valence-corrected chi connectivity index (χ2v) is 4.21. The molecular weight excluding hydrogens is 248 g/mol. The third-order valence-electron chi connectivity index (χ3n) is 2.89. The van der Waals surface area contributed by atoms with Crippen molar-refractivity contribution in [3.63, 3.8) is 0 Å². The Morgan fingerprint density at radius 2 is 2.21 bits per heavy atom. The molecule has 0 aromatic carbocycles. The van der Waals surface area contributed by atoms with E-state index in [1.165, 1.54) is 4.68 Å². The van der Waals surface area contributed by atoms with E-state index >= 15 is 0 Å². The molecule has 19 heavy (non-hydrogen) atoms. The van der Waals surface area contributed by atoms with Gasteiger partial charge in [0.2, 0.25) is 0 Å². The summed E-state index contributed by atoms with van der Waals surface area (Å²) in [4.78, 5) is 12.1. The first-order valence-corrected chi connectivity index (χ1v) is 6.16. The standard InChI is InChI=1S/C12H22N4O3/c1-5-9-10(13)11(16(2)15-9)12(17)14-6-8(19-4)7-18-3/h8H,5-7,13H2,1-4H3,(H,14,17). The van der Waals surface area contributed by atoms with E-state index in [9.17, 15) is 4.79 Å². The molecule has 0 spiro atoms. The monoisotopic (exact) mass is 270 g/mol. The first-order chi connectivity index (χ1) is 9.04. The van der Waals surface area contributed by atoms with E-state index in [0.717, 1.165) is 5.69 Å². The van der Waals surface area contributed by atoms with Crippen molar-refractivity contribution in [3.8, 4) is 0 Å². The Morgan fingerprint density at radius 1 is 1.53 bits per heavy atom. The number of aryl methyl sites for hydroxylation is 2. The smallest absolute Gasteiger partial charge is 0.271 e. The summed E-state index contributed by atoms with van der Waals surface area (Å²) in [5.74, 6) is -0.259. The number of nitrogens with two attached hydrogens (primary N) is 1. The number of hydrogen-bond acceptors (Lipinski definition) is 5. The summed E-state index contributed by atoms with van der Waals surface area (Å²) in [6.07, 6.45) is 0.506. The number of carbonyl (C=O) groups is 1. The number of amides is 1. The number of hydrogen-bond donors (Lipinski definition) is 2. The molecule has 7 nitrogen and oxygen atoms in total. The molecule has 0 fully saturated rings. The summed E-state index contributed by atoms with van der Waals surface area (Å²) in [6, 6.07) is 0. The fraction of sp³-hybridized carbons (Fsp3) is 0.667. The molecule has 0 aliphatic rings. The van der Waals surface area contributed by atoms with E-state index in [1.807, 2.05) is 6.92 Å². The van der Waals surface area contributed by atoms with Gasteiger partial charge < -0.3 is 20.5 Å². The maximum absolute atomic E-state index is 12.1. The van der Waals surface area contributed by atoms with E-state index in [4.69, 9.17) is 15.2 Å². The van der Waals surface area contributed by atoms with Gasteiger partial charge in [-0.2, -0.15) is 5.10 Å². The summed E-state index contributed by atoms with van der Waals surface area (Å²) in [6.45, 7) is 2.72. The van der Waals surface area contributed by atoms with Crippen LogP contribution in [0, 0.1) is 0 Å². The summed E-state index contributed by atoms with van der Waals surface area (Å²) in [5.41, 5.74) is 7.45. The molecule has 1 aromatic heterocycles. The van der Waals surface area contributed by atoms with Crippen molar-refractivity contribution in [1.82, 2.24) is 15.1 Å². The van der Waals surface area contributed by atoms with Crippen LogP contribution in [0.2, 0.25) is 0 Å². The van der Waals surface area contributed by atoms with Crippen LogP contribution in [-0.2, 0) is 22.9 Å². The van der Waals surface area contributed by atoms with Crippen molar-refractivity contribution in [2.24, 2.45) is 7.05 Å². The van der Waals surface area contributed by atoms with Crippen LogP contribution < -0.4 is 11.1 Å². The predicted octanol–water partition coefficient (Wildman–Crippen LogP) is -0.0441. The molecule has 108 valence electrons. The quantitative estimate of drug-likeness (QED) is 0.725. The number of nitrogen functional groups attached to an aromatic ring is 1. The third kappa shape index (κ3) is 3.68. The minimum Gasteiger partial charge on any atom is -0.395 e. The van der Waals surface area contributed by atoms with Gasteiger partial charge in [0.1, 0.15) is 5.69 Å². The van der Waals surface area contributed by atoms with Crippen LogP contribution in [0.1, 0.15) is 23.1 Å². The first kappa shape index (κ1) is 15.5. The van der Waals surface area contributed by atoms with Crippen molar-refractivity contribution < 1.29 is 14.3 Å². The van der Waals surface area contributed by atoms with Gasteiger partial charge in [-0.1, -0.05) is 6.92 Å². The van der Waals surface area contributed by atoms with E-state index in [1.54, 1.807) is 21.3 Å². The highest BCUT2D eigenvalue weighted by Gasteiger charge is 2.19. The molecule has 7 heteroatoms. The predicted molar refractivity (Wildman–Crippen MR) is 72.0 cm³/mol. The largest absolute Gasteiger partial charge is 0.395 e. The Labute approximate surface area is 113 Å². The fourth-order valence-electron chi connectivity index (χ4n) is 1.81. The van der Waals surface area contributed by atoms with E-state index in [2.05, 4.69) is 10.4 Å². The minimum absolute atomic E-state index is 0.186. The lowest BCUT2D eigenvalue weighted by Crippen LogP contribution is -2.36. The van der Waals surface area contributed by atoms with Crippen LogP contribution in [0.25, 0.3) is 0 Å². The lowest BCUT2D eigenvalue weighted by atomic mass is 10.2. The van der Waals surface area contributed by atoms with Crippen LogP contribution in [0.5, 0.6) is 0 Å². The van der Waals surface area contributed by atoms with Gasteiger partial charge in [0.05, 0.1) is 24.1 Å². The average Bonchev–Trinajstić information content (AvgIpc) is 2.68. The Hall–Kier alpha value is -1.60. The molecule has 1 amide bonds. The van der Waals surface area contributed by atoms with E-state index < -0.39 is 0 Å². The fourth-order valence-corrected chi connectivity index (χ4v) is 1.81. The molecule has 1 aromatic rings. The Kier molecular flexibility index (Phi) is 5.78. The number of methoxy groups -OCH3 is 2. The Bertz CT molecular complexity index is 431. The number of ether oxygens (including phenoxy) is 2. The lowest BCUT2D eigenvalue weighted by Gasteiger charge is -2.15. The van der Waals surface area contributed by atoms with Crippen molar-refractivity contribution in [1.29, 1.82) is 0 Å². The molecule has 3 N–H and O–H groups in total. The van der Waals surface area contributed by atoms with Crippen LogP contribution in [0.4, 0.5) is 5.69 Å². The molecule has 0 bridgehead atoms. The normalized spacial score (nSPS) is 12.4. The van der Waals surface area contributed by atoms with Crippen LogP contribution >= 0.6 is 0 Å². The van der Waals surface area contributed by atoms with Gasteiger partial charge in [0.25, 0.3) is 5.91 Å². The van der Waals surface area contributed by atoms with E-state index in [0.29, 0.717) is 31.0 Å². The highest BCUT2D eigenvalue weighted by molar-refractivity contribution is 5.97. The van der Waals surface area contributed by atoms with Crippen LogP contribution in [-0.4, -0.2) is 49.2 Å². The van der Waals surface area contributed by atoms with Gasteiger partial charge in [0, 0.05) is 27.8 Å². The highest BCUT2D eigenvalue weighted by atomic mass is 16.5.